The molecule has 0 saturated heterocycles. The molecule has 0 fully saturated rings. The van der Waals surface area contributed by atoms with Crippen LogP contribution in [-0.4, -0.2) is 29.7 Å². The number of methoxy groups -OCH3 is 1. The quantitative estimate of drug-likeness (QED) is 0.587. The first-order chi connectivity index (χ1) is 13.6. The number of aryl methyl sites for hydroxylation is 1. The van der Waals surface area contributed by atoms with Crippen molar-refractivity contribution in [3.05, 3.63) is 65.9 Å². The molecular formula is C21H22N4O3. The lowest BCUT2D eigenvalue weighted by Gasteiger charge is -2.11. The number of hydrogen-bond donors (Lipinski definition) is 2. The van der Waals surface area contributed by atoms with E-state index in [1.54, 1.807) is 38.3 Å². The van der Waals surface area contributed by atoms with Gasteiger partial charge in [-0.3, -0.25) is 0 Å². The van der Waals surface area contributed by atoms with Crippen LogP contribution in [0.15, 0.2) is 54.6 Å². The molecule has 0 amide bonds. The van der Waals surface area contributed by atoms with Gasteiger partial charge in [-0.1, -0.05) is 0 Å². The van der Waals surface area contributed by atoms with Gasteiger partial charge in [-0.25, -0.2) is 9.78 Å². The zero-order valence-electron chi connectivity index (χ0n) is 16.0. The minimum atomic E-state index is -0.335. The number of aromatic nitrogens is 2. The summed E-state index contributed by atoms with van der Waals surface area (Å²) in [5, 5.41) is 6.41. The van der Waals surface area contributed by atoms with Crippen LogP contribution in [0.2, 0.25) is 0 Å². The molecule has 2 N–H and O–H groups in total. The molecule has 1 heterocycles. The summed E-state index contributed by atoms with van der Waals surface area (Å²) in [7, 11) is 1.63. The van der Waals surface area contributed by atoms with Crippen LogP contribution in [-0.2, 0) is 4.74 Å². The summed E-state index contributed by atoms with van der Waals surface area (Å²) in [5.74, 6) is 1.57. The lowest BCUT2D eigenvalue weighted by molar-refractivity contribution is 0.0526. The summed E-state index contributed by atoms with van der Waals surface area (Å²) in [4.78, 5) is 20.7. The minimum absolute atomic E-state index is 0.335. The topological polar surface area (TPSA) is 85.4 Å². The maximum Gasteiger partial charge on any atom is 0.338 e. The Kier molecular flexibility index (Phi) is 6.06. The minimum Gasteiger partial charge on any atom is -0.497 e. The molecule has 3 aromatic rings. The van der Waals surface area contributed by atoms with Crippen LogP contribution in [0.1, 0.15) is 23.0 Å². The lowest BCUT2D eigenvalue weighted by Crippen LogP contribution is -2.05. The third-order valence-corrected chi connectivity index (χ3v) is 3.87. The molecule has 7 nitrogen and oxygen atoms in total. The Labute approximate surface area is 163 Å². The molecule has 0 bridgehead atoms. The van der Waals surface area contributed by atoms with Gasteiger partial charge in [-0.05, 0) is 62.4 Å². The zero-order chi connectivity index (χ0) is 19.9. The van der Waals surface area contributed by atoms with E-state index in [1.807, 2.05) is 37.3 Å². The van der Waals surface area contributed by atoms with Crippen molar-refractivity contribution in [2.24, 2.45) is 0 Å². The molecule has 0 radical (unpaired) electrons. The van der Waals surface area contributed by atoms with Crippen molar-refractivity contribution < 1.29 is 14.3 Å². The first-order valence-corrected chi connectivity index (χ1v) is 8.88. The molecule has 0 unspecified atom stereocenters. The van der Waals surface area contributed by atoms with E-state index in [1.165, 1.54) is 0 Å². The SMILES string of the molecule is CCOC(=O)c1ccc(Nc2cc(C)nc(Nc3ccc(OC)cc3)n2)cc1. The summed E-state index contributed by atoms with van der Waals surface area (Å²) in [5.41, 5.74) is 2.99. The second-order valence-electron chi connectivity index (χ2n) is 5.99. The van der Waals surface area contributed by atoms with Crippen LogP contribution in [0.25, 0.3) is 0 Å². The average molecular weight is 378 g/mol. The van der Waals surface area contributed by atoms with Crippen molar-refractivity contribution in [2.75, 3.05) is 24.4 Å². The maximum atomic E-state index is 11.7. The highest BCUT2D eigenvalue weighted by atomic mass is 16.5. The van der Waals surface area contributed by atoms with Crippen molar-refractivity contribution in [2.45, 2.75) is 13.8 Å². The van der Waals surface area contributed by atoms with Crippen LogP contribution in [0, 0.1) is 6.92 Å². The van der Waals surface area contributed by atoms with Gasteiger partial charge in [0.1, 0.15) is 11.6 Å². The van der Waals surface area contributed by atoms with Gasteiger partial charge in [0.15, 0.2) is 0 Å². The molecule has 7 heteroatoms. The number of nitrogens with one attached hydrogen (secondary N) is 2. The summed E-state index contributed by atoms with van der Waals surface area (Å²) in [6.45, 7) is 4.03. The summed E-state index contributed by atoms with van der Waals surface area (Å²) in [6, 6.07) is 16.4. The molecular weight excluding hydrogens is 356 g/mol. The summed E-state index contributed by atoms with van der Waals surface area (Å²) in [6.07, 6.45) is 0. The predicted octanol–water partition coefficient (Wildman–Crippen LogP) is 4.46. The Morgan fingerprint density at radius 3 is 2.25 bits per heavy atom. The van der Waals surface area contributed by atoms with E-state index in [0.29, 0.717) is 23.9 Å². The molecule has 0 aliphatic carbocycles. The Bertz CT molecular complexity index is 941. The highest BCUT2D eigenvalue weighted by molar-refractivity contribution is 5.89. The van der Waals surface area contributed by atoms with Gasteiger partial charge >= 0.3 is 5.97 Å². The largest absolute Gasteiger partial charge is 0.497 e. The number of carbonyl (C=O) groups excluding carboxylic acids is 1. The van der Waals surface area contributed by atoms with Gasteiger partial charge in [-0.2, -0.15) is 4.98 Å². The molecule has 0 saturated carbocycles. The summed E-state index contributed by atoms with van der Waals surface area (Å²) >= 11 is 0. The van der Waals surface area contributed by atoms with Gasteiger partial charge in [0.25, 0.3) is 0 Å². The van der Waals surface area contributed by atoms with Crippen LogP contribution in [0.4, 0.5) is 23.1 Å². The fraction of sp³-hybridized carbons (Fsp3) is 0.190. The van der Waals surface area contributed by atoms with E-state index in [-0.39, 0.29) is 5.97 Å². The number of ether oxygens (including phenoxy) is 2. The van der Waals surface area contributed by atoms with E-state index in [0.717, 1.165) is 22.8 Å². The molecule has 28 heavy (non-hydrogen) atoms. The summed E-state index contributed by atoms with van der Waals surface area (Å²) < 4.78 is 10.2. The molecule has 0 spiro atoms. The fourth-order valence-electron chi connectivity index (χ4n) is 2.54. The highest BCUT2D eigenvalue weighted by Gasteiger charge is 2.07. The van der Waals surface area contributed by atoms with Crippen molar-refractivity contribution >= 4 is 29.1 Å². The normalized spacial score (nSPS) is 10.2. The van der Waals surface area contributed by atoms with Gasteiger partial charge in [-0.15, -0.1) is 0 Å². The number of nitrogens with zero attached hydrogens (tertiary/aromatic N) is 2. The van der Waals surface area contributed by atoms with E-state index in [2.05, 4.69) is 20.6 Å². The van der Waals surface area contributed by atoms with Crippen molar-refractivity contribution in [1.29, 1.82) is 0 Å². The van der Waals surface area contributed by atoms with E-state index in [4.69, 9.17) is 9.47 Å². The third kappa shape index (κ3) is 4.97. The standard InChI is InChI=1S/C21H22N4O3/c1-4-28-20(26)15-5-7-16(8-6-15)23-19-13-14(2)22-21(25-19)24-17-9-11-18(27-3)12-10-17/h5-13H,4H2,1-3H3,(H2,22,23,24,25). The Morgan fingerprint density at radius 2 is 1.61 bits per heavy atom. The van der Waals surface area contributed by atoms with Gasteiger partial charge < -0.3 is 20.1 Å². The van der Waals surface area contributed by atoms with E-state index in [9.17, 15) is 4.79 Å². The molecule has 1 aromatic heterocycles. The van der Waals surface area contributed by atoms with Crippen LogP contribution < -0.4 is 15.4 Å². The number of rotatable bonds is 7. The zero-order valence-corrected chi connectivity index (χ0v) is 16.0. The molecule has 0 aliphatic rings. The van der Waals surface area contributed by atoms with Crippen LogP contribution in [0.3, 0.4) is 0 Å². The van der Waals surface area contributed by atoms with Crippen LogP contribution >= 0.6 is 0 Å². The molecule has 144 valence electrons. The smallest absolute Gasteiger partial charge is 0.338 e. The molecule has 0 aliphatic heterocycles. The third-order valence-electron chi connectivity index (χ3n) is 3.87. The molecule has 2 aromatic carbocycles. The monoisotopic (exact) mass is 378 g/mol. The van der Waals surface area contributed by atoms with E-state index >= 15 is 0 Å². The molecule has 0 atom stereocenters. The highest BCUT2D eigenvalue weighted by Crippen LogP contribution is 2.21. The van der Waals surface area contributed by atoms with Crippen molar-refractivity contribution in [3.63, 3.8) is 0 Å². The first-order valence-electron chi connectivity index (χ1n) is 8.88. The average Bonchev–Trinajstić information content (AvgIpc) is 2.69. The molecule has 3 rings (SSSR count). The van der Waals surface area contributed by atoms with E-state index < -0.39 is 0 Å². The number of benzene rings is 2. The Balaban J connectivity index is 1.73. The van der Waals surface area contributed by atoms with Crippen LogP contribution in [0.5, 0.6) is 5.75 Å². The number of anilines is 4. The lowest BCUT2D eigenvalue weighted by atomic mass is 10.2. The fourth-order valence-corrected chi connectivity index (χ4v) is 2.54. The van der Waals surface area contributed by atoms with Crippen molar-refractivity contribution in [1.82, 2.24) is 9.97 Å². The van der Waals surface area contributed by atoms with Crippen molar-refractivity contribution in [3.8, 4) is 5.75 Å². The number of hydrogen-bond acceptors (Lipinski definition) is 7. The Hall–Kier alpha value is -3.61. The number of carbonyl (C=O) groups is 1. The van der Waals surface area contributed by atoms with Gasteiger partial charge in [0, 0.05) is 23.1 Å². The van der Waals surface area contributed by atoms with Gasteiger partial charge in [0.05, 0.1) is 19.3 Å². The predicted molar refractivity (Wildman–Crippen MR) is 109 cm³/mol. The number of esters is 1. The second kappa shape index (κ2) is 8.85. The second-order valence-corrected chi connectivity index (χ2v) is 5.99. The first kappa shape index (κ1) is 19.2. The Morgan fingerprint density at radius 1 is 0.964 bits per heavy atom. The van der Waals surface area contributed by atoms with Gasteiger partial charge in [0.2, 0.25) is 5.95 Å². The maximum absolute atomic E-state index is 11.7.